The van der Waals surface area contributed by atoms with Gasteiger partial charge in [-0.1, -0.05) is 18.2 Å². The van der Waals surface area contributed by atoms with E-state index < -0.39 is 6.10 Å². The lowest BCUT2D eigenvalue weighted by Gasteiger charge is -2.16. The van der Waals surface area contributed by atoms with Crippen molar-refractivity contribution in [1.29, 1.82) is 0 Å². The molecule has 0 aliphatic rings. The predicted molar refractivity (Wildman–Crippen MR) is 81.8 cm³/mol. The van der Waals surface area contributed by atoms with Crippen LogP contribution in [0.25, 0.3) is 0 Å². The molecule has 20 heavy (non-hydrogen) atoms. The molecule has 2 unspecified atom stereocenters. The van der Waals surface area contributed by atoms with E-state index in [9.17, 15) is 9.90 Å². The third kappa shape index (κ3) is 4.16. The van der Waals surface area contributed by atoms with Crippen LogP contribution in [0.15, 0.2) is 47.2 Å². The summed E-state index contributed by atoms with van der Waals surface area (Å²) in [5, 5.41) is 19.6. The second kappa shape index (κ2) is 7.19. The van der Waals surface area contributed by atoms with Gasteiger partial charge < -0.3 is 15.7 Å². The molecule has 2 atom stereocenters. The number of anilines is 1. The summed E-state index contributed by atoms with van der Waals surface area (Å²) in [5.41, 5.74) is 1.64. The van der Waals surface area contributed by atoms with E-state index in [1.165, 1.54) is 0 Å². The van der Waals surface area contributed by atoms with Gasteiger partial charge in [-0.25, -0.2) is 0 Å². The number of para-hydroxylation sites is 1. The zero-order valence-electron chi connectivity index (χ0n) is 11.2. The summed E-state index contributed by atoms with van der Waals surface area (Å²) in [4.78, 5) is 12.0. The first kappa shape index (κ1) is 14.7. The molecule has 2 rings (SSSR count). The number of carbonyl (C=O) groups is 1. The van der Waals surface area contributed by atoms with E-state index >= 15 is 0 Å². The van der Waals surface area contributed by atoms with Crippen LogP contribution in [0.4, 0.5) is 5.69 Å². The SMILES string of the molecule is CC(NCC(O)c1ccsc1)C(=O)Nc1ccccc1. The number of nitrogens with one attached hydrogen (secondary N) is 2. The first-order valence-corrected chi connectivity index (χ1v) is 7.40. The maximum atomic E-state index is 12.0. The standard InChI is InChI=1S/C15H18N2O2S/c1-11(15(19)17-13-5-3-2-4-6-13)16-9-14(18)12-7-8-20-10-12/h2-8,10-11,14,16,18H,9H2,1H3,(H,17,19). The Hall–Kier alpha value is -1.69. The van der Waals surface area contributed by atoms with E-state index in [0.717, 1.165) is 11.3 Å². The van der Waals surface area contributed by atoms with Gasteiger partial charge in [0.25, 0.3) is 0 Å². The average Bonchev–Trinajstić information content (AvgIpc) is 2.99. The molecular formula is C15H18N2O2S. The fourth-order valence-corrected chi connectivity index (χ4v) is 2.44. The van der Waals surface area contributed by atoms with Crippen LogP contribution >= 0.6 is 11.3 Å². The van der Waals surface area contributed by atoms with Crippen molar-refractivity contribution in [3.63, 3.8) is 0 Å². The van der Waals surface area contributed by atoms with Crippen LogP contribution in [0.1, 0.15) is 18.6 Å². The van der Waals surface area contributed by atoms with Gasteiger partial charge in [0.2, 0.25) is 5.91 Å². The van der Waals surface area contributed by atoms with Crippen LogP contribution in [0.5, 0.6) is 0 Å². The van der Waals surface area contributed by atoms with E-state index in [1.807, 2.05) is 47.2 Å². The number of thiophene rings is 1. The summed E-state index contributed by atoms with van der Waals surface area (Å²) in [5.74, 6) is -0.117. The number of carbonyl (C=O) groups excluding carboxylic acids is 1. The maximum Gasteiger partial charge on any atom is 0.241 e. The van der Waals surface area contributed by atoms with Gasteiger partial charge in [0.15, 0.2) is 0 Å². The van der Waals surface area contributed by atoms with Gasteiger partial charge in [-0.2, -0.15) is 11.3 Å². The summed E-state index contributed by atoms with van der Waals surface area (Å²) in [7, 11) is 0. The van der Waals surface area contributed by atoms with Gasteiger partial charge in [-0.15, -0.1) is 0 Å². The van der Waals surface area contributed by atoms with E-state index in [2.05, 4.69) is 10.6 Å². The van der Waals surface area contributed by atoms with E-state index in [4.69, 9.17) is 0 Å². The monoisotopic (exact) mass is 290 g/mol. The van der Waals surface area contributed by atoms with Crippen LogP contribution < -0.4 is 10.6 Å². The quantitative estimate of drug-likeness (QED) is 0.765. The second-order valence-corrected chi connectivity index (χ2v) is 5.34. The van der Waals surface area contributed by atoms with Crippen molar-refractivity contribution in [2.75, 3.05) is 11.9 Å². The van der Waals surface area contributed by atoms with E-state index in [-0.39, 0.29) is 11.9 Å². The zero-order chi connectivity index (χ0) is 14.4. The fourth-order valence-electron chi connectivity index (χ4n) is 1.74. The Bertz CT molecular complexity index is 528. The Labute approximate surface area is 122 Å². The summed E-state index contributed by atoms with van der Waals surface area (Å²) < 4.78 is 0. The maximum absolute atomic E-state index is 12.0. The number of benzene rings is 1. The lowest BCUT2D eigenvalue weighted by molar-refractivity contribution is -0.117. The van der Waals surface area contributed by atoms with Gasteiger partial charge in [-0.3, -0.25) is 4.79 Å². The lowest BCUT2D eigenvalue weighted by Crippen LogP contribution is -2.40. The molecule has 1 heterocycles. The highest BCUT2D eigenvalue weighted by Crippen LogP contribution is 2.15. The number of amides is 1. The van der Waals surface area contributed by atoms with Gasteiger partial charge in [0, 0.05) is 12.2 Å². The molecular weight excluding hydrogens is 272 g/mol. The normalized spacial score (nSPS) is 13.7. The molecule has 0 aliphatic heterocycles. The summed E-state index contributed by atoms with van der Waals surface area (Å²) in [6.45, 7) is 2.12. The van der Waals surface area contributed by atoms with Crippen molar-refractivity contribution < 1.29 is 9.90 Å². The zero-order valence-corrected chi connectivity index (χ0v) is 12.1. The highest BCUT2D eigenvalue weighted by atomic mass is 32.1. The Morgan fingerprint density at radius 3 is 2.70 bits per heavy atom. The van der Waals surface area contributed by atoms with Crippen molar-refractivity contribution >= 4 is 22.9 Å². The smallest absolute Gasteiger partial charge is 0.241 e. The first-order chi connectivity index (χ1) is 9.66. The van der Waals surface area contributed by atoms with Gasteiger partial charge >= 0.3 is 0 Å². The Kier molecular flexibility index (Phi) is 5.29. The average molecular weight is 290 g/mol. The Morgan fingerprint density at radius 1 is 1.30 bits per heavy atom. The van der Waals surface area contributed by atoms with Crippen LogP contribution in [0.2, 0.25) is 0 Å². The molecule has 0 bridgehead atoms. The van der Waals surface area contributed by atoms with Gasteiger partial charge in [-0.05, 0) is 41.4 Å². The largest absolute Gasteiger partial charge is 0.387 e. The summed E-state index contributed by atoms with van der Waals surface area (Å²) in [6, 6.07) is 10.8. The van der Waals surface area contributed by atoms with Crippen molar-refractivity contribution in [3.8, 4) is 0 Å². The number of hydrogen-bond acceptors (Lipinski definition) is 4. The molecule has 3 N–H and O–H groups in total. The first-order valence-electron chi connectivity index (χ1n) is 6.46. The minimum Gasteiger partial charge on any atom is -0.387 e. The van der Waals surface area contributed by atoms with Crippen LogP contribution in [0, 0.1) is 0 Å². The number of hydrogen-bond donors (Lipinski definition) is 3. The number of aliphatic hydroxyl groups is 1. The van der Waals surface area contributed by atoms with Gasteiger partial charge in [0.05, 0.1) is 12.1 Å². The topological polar surface area (TPSA) is 61.4 Å². The Balaban J connectivity index is 1.79. The van der Waals surface area contributed by atoms with Crippen molar-refractivity contribution in [2.45, 2.75) is 19.1 Å². The molecule has 106 valence electrons. The fraction of sp³-hybridized carbons (Fsp3) is 0.267. The predicted octanol–water partition coefficient (Wildman–Crippen LogP) is 2.40. The minimum absolute atomic E-state index is 0.117. The molecule has 0 aliphatic carbocycles. The molecule has 1 amide bonds. The van der Waals surface area contributed by atoms with E-state index in [0.29, 0.717) is 6.54 Å². The minimum atomic E-state index is -0.590. The second-order valence-electron chi connectivity index (χ2n) is 4.56. The van der Waals surface area contributed by atoms with Crippen molar-refractivity contribution in [1.82, 2.24) is 5.32 Å². The molecule has 0 spiro atoms. The molecule has 1 aromatic heterocycles. The molecule has 0 fully saturated rings. The van der Waals surface area contributed by atoms with E-state index in [1.54, 1.807) is 18.3 Å². The molecule has 0 saturated carbocycles. The summed E-state index contributed by atoms with van der Waals surface area (Å²) in [6.07, 6.45) is -0.590. The Morgan fingerprint density at radius 2 is 2.05 bits per heavy atom. The van der Waals surface area contributed by atoms with Gasteiger partial charge in [0.1, 0.15) is 0 Å². The molecule has 0 saturated heterocycles. The lowest BCUT2D eigenvalue weighted by atomic mass is 10.2. The molecule has 2 aromatic rings. The summed E-state index contributed by atoms with van der Waals surface area (Å²) >= 11 is 1.54. The van der Waals surface area contributed by atoms with Crippen LogP contribution in [0.3, 0.4) is 0 Å². The number of aliphatic hydroxyl groups excluding tert-OH is 1. The highest BCUT2D eigenvalue weighted by Gasteiger charge is 2.15. The van der Waals surface area contributed by atoms with Crippen LogP contribution in [-0.2, 0) is 4.79 Å². The molecule has 0 radical (unpaired) electrons. The molecule has 1 aromatic carbocycles. The van der Waals surface area contributed by atoms with Crippen molar-refractivity contribution in [2.24, 2.45) is 0 Å². The number of rotatable bonds is 6. The highest BCUT2D eigenvalue weighted by molar-refractivity contribution is 7.07. The third-order valence-electron chi connectivity index (χ3n) is 2.98. The molecule has 5 heteroatoms. The van der Waals surface area contributed by atoms with Crippen molar-refractivity contribution in [3.05, 3.63) is 52.7 Å². The third-order valence-corrected chi connectivity index (χ3v) is 3.68. The molecule has 4 nitrogen and oxygen atoms in total. The van der Waals surface area contributed by atoms with Crippen LogP contribution in [-0.4, -0.2) is 23.6 Å².